The fraction of sp³-hybridized carbons (Fsp3) is 0.571. The van der Waals surface area contributed by atoms with Crippen LogP contribution in [0.4, 0.5) is 0 Å². The van der Waals surface area contributed by atoms with Crippen molar-refractivity contribution in [3.8, 4) is 5.75 Å². The van der Waals surface area contributed by atoms with Crippen molar-refractivity contribution in [2.24, 2.45) is 0 Å². The fourth-order valence-corrected chi connectivity index (χ4v) is 3.48. The lowest BCUT2D eigenvalue weighted by atomic mass is 10.2. The summed E-state index contributed by atoms with van der Waals surface area (Å²) in [6, 6.07) is 5.55. The summed E-state index contributed by atoms with van der Waals surface area (Å²) in [6.45, 7) is 1.06. The molecule has 0 bridgehead atoms. The molecule has 0 heterocycles. The number of thioether (sulfide) groups is 1. The minimum absolute atomic E-state index is 0.289. The quantitative estimate of drug-likeness (QED) is 0.673. The molecule has 1 aromatic rings. The van der Waals surface area contributed by atoms with Gasteiger partial charge < -0.3 is 10.1 Å². The highest BCUT2D eigenvalue weighted by molar-refractivity contribution is 7.98. The van der Waals surface area contributed by atoms with Crippen LogP contribution in [0.5, 0.6) is 5.75 Å². The molecule has 7 heteroatoms. The largest absolute Gasteiger partial charge is 0.496 e. The Morgan fingerprint density at radius 2 is 2.14 bits per heavy atom. The summed E-state index contributed by atoms with van der Waals surface area (Å²) in [5.41, 5.74) is 0.872. The molecule has 0 aromatic heterocycles. The van der Waals surface area contributed by atoms with E-state index in [2.05, 4.69) is 10.0 Å². The van der Waals surface area contributed by atoms with Crippen LogP contribution in [0.2, 0.25) is 0 Å². The monoisotopic (exact) mass is 330 g/mol. The molecule has 118 valence electrons. The highest BCUT2D eigenvalue weighted by Gasteiger charge is 2.21. The molecule has 21 heavy (non-hydrogen) atoms. The van der Waals surface area contributed by atoms with Gasteiger partial charge in [0.25, 0.3) is 0 Å². The van der Waals surface area contributed by atoms with Crippen molar-refractivity contribution in [2.75, 3.05) is 25.7 Å². The Morgan fingerprint density at radius 3 is 2.76 bits per heavy atom. The minimum atomic E-state index is -3.45. The van der Waals surface area contributed by atoms with Crippen molar-refractivity contribution >= 4 is 21.8 Å². The van der Waals surface area contributed by atoms with Crippen molar-refractivity contribution in [3.63, 3.8) is 0 Å². The van der Waals surface area contributed by atoms with Crippen LogP contribution in [0.15, 0.2) is 23.1 Å². The van der Waals surface area contributed by atoms with E-state index in [9.17, 15) is 8.42 Å². The number of hydrogen-bond donors (Lipinski definition) is 2. The molecule has 5 nitrogen and oxygen atoms in total. The van der Waals surface area contributed by atoms with E-state index in [1.54, 1.807) is 37.1 Å². The van der Waals surface area contributed by atoms with Crippen LogP contribution in [0.25, 0.3) is 0 Å². The number of nitrogens with one attached hydrogen (secondary N) is 2. The lowest BCUT2D eigenvalue weighted by Crippen LogP contribution is -2.26. The topological polar surface area (TPSA) is 67.4 Å². The zero-order valence-electron chi connectivity index (χ0n) is 12.4. The standard InChI is InChI=1S/C14H22N2O3S2/c1-19-14-6-5-13(21(17,18)16-7-8-20-2)9-11(14)10-15-12-3-4-12/h5-6,9,12,15-16H,3-4,7-8,10H2,1-2H3. The van der Waals surface area contributed by atoms with Gasteiger partial charge >= 0.3 is 0 Å². The number of methoxy groups -OCH3 is 1. The van der Waals surface area contributed by atoms with Crippen LogP contribution in [0.3, 0.4) is 0 Å². The summed E-state index contributed by atoms with van der Waals surface area (Å²) >= 11 is 1.61. The Hall–Kier alpha value is -0.760. The molecular formula is C14H22N2O3S2. The van der Waals surface area contributed by atoms with Gasteiger partial charge in [0.1, 0.15) is 5.75 Å². The second-order valence-electron chi connectivity index (χ2n) is 5.02. The van der Waals surface area contributed by atoms with Gasteiger partial charge in [-0.3, -0.25) is 0 Å². The molecule has 1 fully saturated rings. The molecular weight excluding hydrogens is 308 g/mol. The first-order valence-electron chi connectivity index (χ1n) is 6.95. The Balaban J connectivity index is 2.12. The van der Waals surface area contributed by atoms with E-state index in [1.165, 1.54) is 12.8 Å². The average molecular weight is 330 g/mol. The molecule has 0 spiro atoms. The zero-order chi connectivity index (χ0) is 15.3. The molecule has 2 N–H and O–H groups in total. The summed E-state index contributed by atoms with van der Waals surface area (Å²) in [7, 11) is -1.85. The second-order valence-corrected chi connectivity index (χ2v) is 7.77. The fourth-order valence-electron chi connectivity index (χ4n) is 1.96. The lowest BCUT2D eigenvalue weighted by molar-refractivity contribution is 0.407. The van der Waals surface area contributed by atoms with Gasteiger partial charge in [-0.05, 0) is 37.3 Å². The minimum Gasteiger partial charge on any atom is -0.496 e. The predicted octanol–water partition coefficient (Wildman–Crippen LogP) is 1.59. The van der Waals surface area contributed by atoms with Gasteiger partial charge in [0.05, 0.1) is 12.0 Å². The van der Waals surface area contributed by atoms with E-state index < -0.39 is 10.0 Å². The summed E-state index contributed by atoms with van der Waals surface area (Å²) in [4.78, 5) is 0.289. The van der Waals surface area contributed by atoms with E-state index in [0.717, 1.165) is 11.3 Å². The van der Waals surface area contributed by atoms with Crippen LogP contribution < -0.4 is 14.8 Å². The van der Waals surface area contributed by atoms with Gasteiger partial charge in [-0.2, -0.15) is 11.8 Å². The summed E-state index contributed by atoms with van der Waals surface area (Å²) in [6.07, 6.45) is 4.33. The highest BCUT2D eigenvalue weighted by Crippen LogP contribution is 2.25. The van der Waals surface area contributed by atoms with Crippen molar-refractivity contribution in [2.45, 2.75) is 30.3 Å². The maximum Gasteiger partial charge on any atom is 0.240 e. The smallest absolute Gasteiger partial charge is 0.240 e. The van der Waals surface area contributed by atoms with E-state index in [4.69, 9.17) is 4.74 Å². The molecule has 0 unspecified atom stereocenters. The van der Waals surface area contributed by atoms with E-state index in [0.29, 0.717) is 24.9 Å². The normalized spacial score (nSPS) is 15.1. The van der Waals surface area contributed by atoms with Gasteiger partial charge in [0.15, 0.2) is 0 Å². The summed E-state index contributed by atoms with van der Waals surface area (Å²) in [5.74, 6) is 1.47. The van der Waals surface area contributed by atoms with Crippen LogP contribution in [0, 0.1) is 0 Å². The van der Waals surface area contributed by atoms with Crippen LogP contribution in [0.1, 0.15) is 18.4 Å². The SMILES string of the molecule is COc1ccc(S(=O)(=O)NCCSC)cc1CNC1CC1. The van der Waals surface area contributed by atoms with Crippen molar-refractivity contribution < 1.29 is 13.2 Å². The Kier molecular flexibility index (Phi) is 5.92. The van der Waals surface area contributed by atoms with Gasteiger partial charge in [-0.15, -0.1) is 0 Å². The van der Waals surface area contributed by atoms with Gasteiger partial charge in [0.2, 0.25) is 10.0 Å². The third kappa shape index (κ3) is 4.88. The lowest BCUT2D eigenvalue weighted by Gasteiger charge is -2.12. The van der Waals surface area contributed by atoms with Gasteiger partial charge in [0, 0.05) is 30.4 Å². The van der Waals surface area contributed by atoms with Crippen LogP contribution in [-0.2, 0) is 16.6 Å². The summed E-state index contributed by atoms with van der Waals surface area (Å²) in [5, 5.41) is 3.38. The molecule has 0 saturated heterocycles. The Bertz CT molecular complexity index is 572. The molecule has 0 atom stereocenters. The molecule has 1 aliphatic rings. The number of ether oxygens (including phenoxy) is 1. The van der Waals surface area contributed by atoms with Crippen LogP contribution in [-0.4, -0.2) is 40.1 Å². The molecule has 1 aliphatic carbocycles. The molecule has 0 amide bonds. The highest BCUT2D eigenvalue weighted by atomic mass is 32.2. The second kappa shape index (κ2) is 7.49. The van der Waals surface area contributed by atoms with Gasteiger partial charge in [-0.25, -0.2) is 13.1 Å². The van der Waals surface area contributed by atoms with E-state index in [1.807, 2.05) is 6.26 Å². The first-order chi connectivity index (χ1) is 10.1. The van der Waals surface area contributed by atoms with E-state index in [-0.39, 0.29) is 4.90 Å². The average Bonchev–Trinajstić information content (AvgIpc) is 3.29. The molecule has 2 rings (SSSR count). The summed E-state index contributed by atoms with van der Waals surface area (Å²) < 4.78 is 32.4. The Morgan fingerprint density at radius 1 is 1.38 bits per heavy atom. The number of rotatable bonds is 9. The molecule has 1 aromatic carbocycles. The van der Waals surface area contributed by atoms with Crippen molar-refractivity contribution in [1.29, 1.82) is 0 Å². The third-order valence-electron chi connectivity index (χ3n) is 3.32. The van der Waals surface area contributed by atoms with Gasteiger partial charge in [-0.1, -0.05) is 0 Å². The van der Waals surface area contributed by atoms with Crippen molar-refractivity contribution in [3.05, 3.63) is 23.8 Å². The number of hydrogen-bond acceptors (Lipinski definition) is 5. The zero-order valence-corrected chi connectivity index (χ0v) is 14.0. The molecule has 0 radical (unpaired) electrons. The number of sulfonamides is 1. The Labute approximate surface area is 130 Å². The third-order valence-corrected chi connectivity index (χ3v) is 5.39. The first-order valence-corrected chi connectivity index (χ1v) is 9.83. The molecule has 1 saturated carbocycles. The maximum absolute atomic E-state index is 12.2. The maximum atomic E-state index is 12.2. The first kappa shape index (κ1) is 16.6. The molecule has 0 aliphatic heterocycles. The van der Waals surface area contributed by atoms with E-state index >= 15 is 0 Å². The predicted molar refractivity (Wildman–Crippen MR) is 86.4 cm³/mol. The van der Waals surface area contributed by atoms with Crippen molar-refractivity contribution in [1.82, 2.24) is 10.0 Å². The van der Waals surface area contributed by atoms with Crippen LogP contribution >= 0.6 is 11.8 Å². The number of benzene rings is 1.